The van der Waals surface area contributed by atoms with E-state index in [1.54, 1.807) is 12.2 Å². The molecule has 0 unspecified atom stereocenters. The van der Waals surface area contributed by atoms with Gasteiger partial charge in [0.2, 0.25) is 0 Å². The van der Waals surface area contributed by atoms with Gasteiger partial charge >= 0.3 is 11.9 Å². The number of hydrogen-bond donors (Lipinski definition) is 0. The Morgan fingerprint density at radius 3 is 1.38 bits per heavy atom. The molecule has 24 heavy (non-hydrogen) atoms. The average molecular weight is 336 g/mol. The van der Waals surface area contributed by atoms with E-state index in [0.29, 0.717) is 24.4 Å². The Morgan fingerprint density at radius 1 is 0.792 bits per heavy atom. The molecule has 0 aromatic heterocycles. The van der Waals surface area contributed by atoms with Crippen molar-refractivity contribution in [3.8, 4) is 0 Å². The van der Waals surface area contributed by atoms with E-state index in [4.69, 9.17) is 9.47 Å². The van der Waals surface area contributed by atoms with Crippen molar-refractivity contribution in [3.05, 3.63) is 36.5 Å². The topological polar surface area (TPSA) is 52.6 Å². The van der Waals surface area contributed by atoms with Gasteiger partial charge in [0.1, 0.15) is 0 Å². The molecule has 0 aliphatic carbocycles. The fourth-order valence-electron chi connectivity index (χ4n) is 2.25. The maximum Gasteiger partial charge on any atom is 0.334 e. The third kappa shape index (κ3) is 8.14. The second-order valence-corrected chi connectivity index (χ2v) is 6.27. The van der Waals surface area contributed by atoms with Crippen molar-refractivity contribution in [1.29, 1.82) is 0 Å². The number of allylic oxidation sites excluding steroid dienone is 2. The van der Waals surface area contributed by atoms with Crippen LogP contribution in [0, 0.1) is 11.8 Å². The van der Waals surface area contributed by atoms with Crippen LogP contribution in [-0.4, -0.2) is 25.2 Å². The monoisotopic (exact) mass is 336 g/mol. The zero-order chi connectivity index (χ0) is 18.5. The molecular formula is C20H32O4. The van der Waals surface area contributed by atoms with E-state index in [1.807, 2.05) is 27.7 Å². The Bertz CT molecular complexity index is 416. The summed E-state index contributed by atoms with van der Waals surface area (Å²) in [5.41, 5.74) is 0.828. The lowest BCUT2D eigenvalue weighted by Gasteiger charge is -2.19. The predicted octanol–water partition coefficient (Wildman–Crippen LogP) is 4.61. The molecule has 0 rings (SSSR count). The van der Waals surface area contributed by atoms with E-state index in [9.17, 15) is 9.59 Å². The van der Waals surface area contributed by atoms with E-state index in [0.717, 1.165) is 25.7 Å². The van der Waals surface area contributed by atoms with Crippen molar-refractivity contribution in [3.63, 3.8) is 0 Å². The molecule has 0 N–H and O–H groups in total. The molecule has 0 amide bonds. The van der Waals surface area contributed by atoms with Crippen LogP contribution in [0.2, 0.25) is 0 Å². The normalized spacial score (nSPS) is 11.9. The summed E-state index contributed by atoms with van der Waals surface area (Å²) in [5, 5.41) is 0. The summed E-state index contributed by atoms with van der Waals surface area (Å²) in [7, 11) is 0. The Kier molecular flexibility index (Phi) is 11.6. The summed E-state index contributed by atoms with van der Waals surface area (Å²) < 4.78 is 10.7. The summed E-state index contributed by atoms with van der Waals surface area (Å²) in [6, 6.07) is 0. The summed E-state index contributed by atoms with van der Waals surface area (Å²) >= 11 is 0. The van der Waals surface area contributed by atoms with Crippen molar-refractivity contribution < 1.29 is 19.1 Å². The quantitative estimate of drug-likeness (QED) is 0.226. The van der Waals surface area contributed by atoms with Gasteiger partial charge in [-0.3, -0.25) is 0 Å². The fraction of sp³-hybridized carbons (Fsp3) is 0.600. The van der Waals surface area contributed by atoms with Crippen LogP contribution in [0.5, 0.6) is 0 Å². The van der Waals surface area contributed by atoms with Crippen molar-refractivity contribution in [2.24, 2.45) is 11.8 Å². The first-order chi connectivity index (χ1) is 11.4. The summed E-state index contributed by atoms with van der Waals surface area (Å²) in [6.07, 6.45) is 6.60. The highest BCUT2D eigenvalue weighted by Crippen LogP contribution is 2.24. The number of hydrogen-bond acceptors (Lipinski definition) is 4. The number of rotatable bonds is 12. The van der Waals surface area contributed by atoms with Crippen LogP contribution < -0.4 is 0 Å². The minimum atomic E-state index is -0.430. The molecule has 0 atom stereocenters. The number of carbonyl (C=O) groups excluding carboxylic acids is 2. The highest BCUT2D eigenvalue weighted by Gasteiger charge is 2.27. The average Bonchev–Trinajstić information content (AvgIpc) is 2.52. The predicted molar refractivity (Wildman–Crippen MR) is 97.5 cm³/mol. The van der Waals surface area contributed by atoms with Gasteiger partial charge in [0.05, 0.1) is 24.4 Å². The van der Waals surface area contributed by atoms with Crippen molar-refractivity contribution >= 4 is 11.9 Å². The summed E-state index contributed by atoms with van der Waals surface area (Å²) in [6.45, 7) is 15.5. The number of carbonyl (C=O) groups is 2. The standard InChI is InChI=1S/C20H32O4/c1-7-9-11-13-23-19(21)17(15(3)4)18(16(5)6)20(22)24-14-12-10-8-2/h7-8,15-16H,1-2,9-14H2,3-6H3/b18-17-. The molecule has 0 aliphatic heterocycles. The minimum Gasteiger partial charge on any atom is -0.462 e. The smallest absolute Gasteiger partial charge is 0.334 e. The van der Waals surface area contributed by atoms with Crippen LogP contribution in [0.25, 0.3) is 0 Å². The van der Waals surface area contributed by atoms with Crippen LogP contribution in [-0.2, 0) is 19.1 Å². The fourth-order valence-corrected chi connectivity index (χ4v) is 2.25. The second kappa shape index (κ2) is 12.6. The van der Waals surface area contributed by atoms with E-state index < -0.39 is 11.9 Å². The van der Waals surface area contributed by atoms with E-state index >= 15 is 0 Å². The Morgan fingerprint density at radius 2 is 1.12 bits per heavy atom. The highest BCUT2D eigenvalue weighted by atomic mass is 16.5. The third-order valence-electron chi connectivity index (χ3n) is 3.46. The van der Waals surface area contributed by atoms with E-state index in [-0.39, 0.29) is 11.8 Å². The van der Waals surface area contributed by atoms with Gasteiger partial charge in [-0.1, -0.05) is 39.8 Å². The molecule has 0 radical (unpaired) electrons. The van der Waals surface area contributed by atoms with Crippen LogP contribution in [0.1, 0.15) is 53.4 Å². The molecule has 0 saturated heterocycles. The van der Waals surface area contributed by atoms with Gasteiger partial charge in [0, 0.05) is 0 Å². The first-order valence-electron chi connectivity index (χ1n) is 8.66. The largest absolute Gasteiger partial charge is 0.462 e. The summed E-state index contributed by atoms with van der Waals surface area (Å²) in [4.78, 5) is 24.9. The van der Waals surface area contributed by atoms with Gasteiger partial charge < -0.3 is 9.47 Å². The molecule has 0 bridgehead atoms. The Balaban J connectivity index is 5.19. The molecule has 0 aromatic carbocycles. The SMILES string of the molecule is C=CCCCOC(=O)/C(=C(\C(=O)OCCCC=C)C(C)C)C(C)C. The van der Waals surface area contributed by atoms with Crippen molar-refractivity contribution in [2.75, 3.05) is 13.2 Å². The first kappa shape index (κ1) is 22.2. The lowest BCUT2D eigenvalue weighted by atomic mass is 9.90. The molecule has 0 fully saturated rings. The minimum absolute atomic E-state index is 0.116. The van der Waals surface area contributed by atoms with Crippen molar-refractivity contribution in [1.82, 2.24) is 0 Å². The second-order valence-electron chi connectivity index (χ2n) is 6.27. The lowest BCUT2D eigenvalue weighted by Crippen LogP contribution is -2.23. The molecular weight excluding hydrogens is 304 g/mol. The molecule has 0 aromatic rings. The van der Waals surface area contributed by atoms with Gasteiger partial charge in [-0.05, 0) is 37.5 Å². The van der Waals surface area contributed by atoms with E-state index in [1.165, 1.54) is 0 Å². The maximum atomic E-state index is 12.4. The highest BCUT2D eigenvalue weighted by molar-refractivity contribution is 6.01. The Labute approximate surface area is 146 Å². The first-order valence-corrected chi connectivity index (χ1v) is 8.66. The Hall–Kier alpha value is -1.84. The molecule has 136 valence electrons. The van der Waals surface area contributed by atoms with Crippen LogP contribution >= 0.6 is 0 Å². The van der Waals surface area contributed by atoms with Crippen molar-refractivity contribution in [2.45, 2.75) is 53.4 Å². The zero-order valence-electron chi connectivity index (χ0n) is 15.6. The summed E-state index contributed by atoms with van der Waals surface area (Å²) in [5.74, 6) is -1.09. The molecule has 4 heteroatoms. The third-order valence-corrected chi connectivity index (χ3v) is 3.46. The molecule has 0 aliphatic rings. The zero-order valence-corrected chi connectivity index (χ0v) is 15.6. The molecule has 0 spiro atoms. The number of esters is 2. The molecule has 0 heterocycles. The van der Waals surface area contributed by atoms with Gasteiger partial charge in [-0.15, -0.1) is 13.2 Å². The van der Waals surface area contributed by atoms with E-state index in [2.05, 4.69) is 13.2 Å². The van der Waals surface area contributed by atoms with Gasteiger partial charge in [0.25, 0.3) is 0 Å². The maximum absolute atomic E-state index is 12.4. The molecule has 0 saturated carbocycles. The molecule has 4 nitrogen and oxygen atoms in total. The number of ether oxygens (including phenoxy) is 2. The van der Waals surface area contributed by atoms with Gasteiger partial charge in [-0.25, -0.2) is 9.59 Å². The number of unbranched alkanes of at least 4 members (excludes halogenated alkanes) is 2. The van der Waals surface area contributed by atoms with Crippen LogP contribution in [0.4, 0.5) is 0 Å². The lowest BCUT2D eigenvalue weighted by molar-refractivity contribution is -0.143. The van der Waals surface area contributed by atoms with Gasteiger partial charge in [0.15, 0.2) is 0 Å². The van der Waals surface area contributed by atoms with Gasteiger partial charge in [-0.2, -0.15) is 0 Å². The van der Waals surface area contributed by atoms with Crippen LogP contribution in [0.15, 0.2) is 36.5 Å². The van der Waals surface area contributed by atoms with Crippen LogP contribution in [0.3, 0.4) is 0 Å².